The third-order valence-electron chi connectivity index (χ3n) is 7.05. The molecule has 8 nitrogen and oxygen atoms in total. The second kappa shape index (κ2) is 14.3. The summed E-state index contributed by atoms with van der Waals surface area (Å²) in [7, 11) is 0. The molecule has 4 aromatic rings. The van der Waals surface area contributed by atoms with E-state index in [0.29, 0.717) is 49.8 Å². The lowest BCUT2D eigenvalue weighted by Gasteiger charge is -2.26. The molecule has 1 aliphatic rings. The van der Waals surface area contributed by atoms with Crippen LogP contribution in [0.3, 0.4) is 0 Å². The van der Waals surface area contributed by atoms with E-state index in [-0.39, 0.29) is 47.0 Å². The van der Waals surface area contributed by atoms with Gasteiger partial charge in [0.25, 0.3) is 5.56 Å². The Bertz CT molecular complexity index is 1980. The minimum absolute atomic E-state index is 0.0471. The monoisotopic (exact) mass is 664 g/mol. The van der Waals surface area contributed by atoms with E-state index in [2.05, 4.69) is 4.99 Å². The maximum Gasteiger partial charge on any atom is 0.338 e. The minimum Gasteiger partial charge on any atom is -0.491 e. The molecular weight excluding hydrogens is 631 g/mol. The summed E-state index contributed by atoms with van der Waals surface area (Å²) < 4.78 is 39.3. The third-order valence-corrected chi connectivity index (χ3v) is 8.32. The number of halogens is 2. The Morgan fingerprint density at radius 3 is 2.52 bits per heavy atom. The molecule has 1 aliphatic heterocycles. The van der Waals surface area contributed by atoms with Crippen LogP contribution in [0.1, 0.15) is 57.4 Å². The van der Waals surface area contributed by atoms with Gasteiger partial charge in [0.1, 0.15) is 24.2 Å². The van der Waals surface area contributed by atoms with Crippen molar-refractivity contribution in [2.24, 2.45) is 4.99 Å². The zero-order valence-corrected chi connectivity index (χ0v) is 27.7. The predicted molar refractivity (Wildman–Crippen MR) is 176 cm³/mol. The number of hydrogen-bond acceptors (Lipinski definition) is 8. The number of allylic oxidation sites excluding steroid dienone is 1. The average molecular weight is 665 g/mol. The van der Waals surface area contributed by atoms with Gasteiger partial charge < -0.3 is 18.9 Å². The molecule has 3 aromatic carbocycles. The lowest BCUT2D eigenvalue weighted by atomic mass is 9.95. The summed E-state index contributed by atoms with van der Waals surface area (Å²) in [6.07, 6.45) is 1.55. The van der Waals surface area contributed by atoms with E-state index in [0.717, 1.165) is 0 Å². The van der Waals surface area contributed by atoms with Gasteiger partial charge >= 0.3 is 5.97 Å². The molecule has 0 unspecified atom stereocenters. The van der Waals surface area contributed by atoms with Crippen molar-refractivity contribution in [3.63, 3.8) is 0 Å². The number of aromatic nitrogens is 1. The van der Waals surface area contributed by atoms with E-state index in [1.54, 1.807) is 50.3 Å². The largest absolute Gasteiger partial charge is 0.491 e. The number of nitrogens with zero attached hydrogens (tertiary/aromatic N) is 2. The number of ether oxygens (including phenoxy) is 4. The first kappa shape index (κ1) is 33.0. The summed E-state index contributed by atoms with van der Waals surface area (Å²) >= 11 is 7.85. The second-order valence-electron chi connectivity index (χ2n) is 10.6. The highest BCUT2D eigenvalue weighted by Crippen LogP contribution is 2.38. The smallest absolute Gasteiger partial charge is 0.338 e. The first-order valence-corrected chi connectivity index (χ1v) is 16.1. The van der Waals surface area contributed by atoms with Crippen LogP contribution >= 0.6 is 22.9 Å². The highest BCUT2D eigenvalue weighted by atomic mass is 35.5. The van der Waals surface area contributed by atoms with E-state index in [4.69, 9.17) is 30.5 Å². The van der Waals surface area contributed by atoms with Crippen molar-refractivity contribution in [1.82, 2.24) is 4.57 Å². The number of carbonyl (C=O) groups excluding carboxylic acids is 1. The van der Waals surface area contributed by atoms with Crippen molar-refractivity contribution in [2.45, 2.75) is 53.4 Å². The predicted octanol–water partition coefficient (Wildman–Crippen LogP) is 6.36. The van der Waals surface area contributed by atoms with Gasteiger partial charge in [-0.15, -0.1) is 0 Å². The Kier molecular flexibility index (Phi) is 10.3. The molecule has 0 amide bonds. The van der Waals surface area contributed by atoms with Crippen LogP contribution in [0.4, 0.5) is 4.39 Å². The Hall–Kier alpha value is -4.41. The number of fused-ring (bicyclic) bond motifs is 1. The van der Waals surface area contributed by atoms with Crippen LogP contribution in [0.15, 0.2) is 81.7 Å². The van der Waals surface area contributed by atoms with Gasteiger partial charge in [-0.1, -0.05) is 59.3 Å². The number of esters is 1. The topological polar surface area (TPSA) is 88.4 Å². The molecule has 0 saturated heterocycles. The summed E-state index contributed by atoms with van der Waals surface area (Å²) in [5, 5.41) is 0.236. The van der Waals surface area contributed by atoms with Gasteiger partial charge in [0.05, 0.1) is 40.1 Å². The minimum atomic E-state index is -0.830. The van der Waals surface area contributed by atoms with Gasteiger partial charge in [0.15, 0.2) is 16.3 Å². The molecule has 0 spiro atoms. The fraction of sp³-hybridized carbons (Fsp3) is 0.286. The van der Waals surface area contributed by atoms with Gasteiger partial charge in [0, 0.05) is 11.1 Å². The van der Waals surface area contributed by atoms with Crippen LogP contribution < -0.4 is 29.1 Å². The van der Waals surface area contributed by atoms with Crippen LogP contribution in [0.5, 0.6) is 17.2 Å². The number of carbonyl (C=O) groups is 1. The Labute approximate surface area is 275 Å². The molecule has 1 aromatic heterocycles. The van der Waals surface area contributed by atoms with Crippen LogP contribution in [-0.2, 0) is 16.1 Å². The van der Waals surface area contributed by atoms with E-state index in [1.165, 1.54) is 22.0 Å². The average Bonchev–Trinajstić information content (AvgIpc) is 3.31. The molecule has 0 N–H and O–H groups in total. The number of benzene rings is 3. The van der Waals surface area contributed by atoms with Crippen LogP contribution in [-0.4, -0.2) is 29.9 Å². The van der Waals surface area contributed by atoms with Gasteiger partial charge in [-0.3, -0.25) is 9.36 Å². The van der Waals surface area contributed by atoms with Crippen molar-refractivity contribution in [1.29, 1.82) is 0 Å². The molecule has 0 aliphatic carbocycles. The highest BCUT2D eigenvalue weighted by molar-refractivity contribution is 7.07. The summed E-state index contributed by atoms with van der Waals surface area (Å²) in [4.78, 5) is 32.6. The Morgan fingerprint density at radius 1 is 1.07 bits per heavy atom. The normalized spacial score (nSPS) is 14.6. The molecule has 240 valence electrons. The van der Waals surface area contributed by atoms with Crippen molar-refractivity contribution >= 4 is 35.0 Å². The van der Waals surface area contributed by atoms with Gasteiger partial charge in [-0.2, -0.15) is 0 Å². The zero-order valence-electron chi connectivity index (χ0n) is 26.1. The van der Waals surface area contributed by atoms with Crippen molar-refractivity contribution in [3.8, 4) is 17.2 Å². The lowest BCUT2D eigenvalue weighted by Crippen LogP contribution is -2.40. The fourth-order valence-corrected chi connectivity index (χ4v) is 6.46. The molecule has 0 saturated carbocycles. The van der Waals surface area contributed by atoms with Crippen molar-refractivity contribution in [3.05, 3.63) is 119 Å². The molecule has 2 heterocycles. The standard InChI is InChI=1S/C35H34ClFN2O6S/c1-6-42-28-17-22(16-25(36)32(28)44-19-23-12-8-10-14-26(23)37)18-29-33(40)39-31(24-13-9-11-15-27(24)45-20(3)4)30(34(41)43-7-2)21(5)38-35(39)46-29/h8-18,20,31H,6-7,19H2,1-5H3/b29-18+/t31-/m1/s1. The summed E-state index contributed by atoms with van der Waals surface area (Å²) in [6.45, 7) is 9.55. The number of rotatable bonds is 11. The fourth-order valence-electron chi connectivity index (χ4n) is 5.14. The molecule has 5 rings (SSSR count). The van der Waals surface area contributed by atoms with Crippen LogP contribution in [0.25, 0.3) is 6.08 Å². The van der Waals surface area contributed by atoms with E-state index < -0.39 is 12.0 Å². The Morgan fingerprint density at radius 2 is 1.80 bits per heavy atom. The summed E-state index contributed by atoms with van der Waals surface area (Å²) in [5.41, 5.74) is 1.96. The van der Waals surface area contributed by atoms with Gasteiger partial charge in [0.2, 0.25) is 0 Å². The molecule has 0 fully saturated rings. The first-order valence-electron chi connectivity index (χ1n) is 14.9. The molecular formula is C35H34ClFN2O6S. The van der Waals surface area contributed by atoms with Crippen molar-refractivity contribution in [2.75, 3.05) is 13.2 Å². The van der Waals surface area contributed by atoms with E-state index in [1.807, 2.05) is 45.0 Å². The quantitative estimate of drug-likeness (QED) is 0.174. The SMILES string of the molecule is CCOC(=O)C1=C(C)N=c2s/c(=C/c3cc(Cl)c(OCc4ccccc4F)c(OCC)c3)c(=O)n2[C@@H]1c1ccccc1OC(C)C. The molecule has 46 heavy (non-hydrogen) atoms. The second-order valence-corrected chi connectivity index (χ2v) is 12.1. The number of thiazole rings is 1. The molecule has 0 bridgehead atoms. The lowest BCUT2D eigenvalue weighted by molar-refractivity contribution is -0.139. The molecule has 1 atom stereocenters. The van der Waals surface area contributed by atoms with E-state index >= 15 is 0 Å². The maximum atomic E-state index is 14.2. The van der Waals surface area contributed by atoms with Crippen LogP contribution in [0, 0.1) is 5.82 Å². The molecule has 0 radical (unpaired) electrons. The zero-order chi connectivity index (χ0) is 33.0. The summed E-state index contributed by atoms with van der Waals surface area (Å²) in [6, 6.07) is 16.2. The van der Waals surface area contributed by atoms with Gasteiger partial charge in [-0.25, -0.2) is 14.2 Å². The third kappa shape index (κ3) is 6.88. The van der Waals surface area contributed by atoms with Gasteiger partial charge in [-0.05, 0) is 70.5 Å². The van der Waals surface area contributed by atoms with E-state index in [9.17, 15) is 14.0 Å². The number of para-hydroxylation sites is 1. The molecule has 11 heteroatoms. The maximum absolute atomic E-state index is 14.2. The Balaban J connectivity index is 1.62. The summed E-state index contributed by atoms with van der Waals surface area (Å²) in [5.74, 6) is 0.223. The van der Waals surface area contributed by atoms with Crippen molar-refractivity contribution < 1.29 is 28.1 Å². The number of hydrogen-bond donors (Lipinski definition) is 0. The first-order chi connectivity index (χ1) is 22.1. The van der Waals surface area contributed by atoms with Crippen LogP contribution in [0.2, 0.25) is 5.02 Å². The highest BCUT2D eigenvalue weighted by Gasteiger charge is 2.35.